The number of amides is 1. The predicted octanol–water partition coefficient (Wildman–Crippen LogP) is 4.89. The molecule has 0 spiro atoms. The molecule has 0 saturated heterocycles. The zero-order valence-corrected chi connectivity index (χ0v) is 14.8. The molecular weight excluding hydrogens is 314 g/mol. The van der Waals surface area contributed by atoms with Crippen LogP contribution >= 0.6 is 15.9 Å². The summed E-state index contributed by atoms with van der Waals surface area (Å²) in [5.41, 5.74) is 2.92. The standard InChI is InChI=1S/C17H24BrNO/c1-11(2)19(12(3)4)17(20)14(6)13(5)15-8-7-9-16(18)10-15/h7-12H,1-6H3/b14-13-. The number of carbonyl (C=O) groups excluding carboxylic acids is 1. The van der Waals surface area contributed by atoms with Crippen LogP contribution in [0.2, 0.25) is 0 Å². The second-order valence-corrected chi connectivity index (χ2v) is 6.58. The maximum atomic E-state index is 12.7. The number of benzene rings is 1. The Balaban J connectivity index is 3.16. The van der Waals surface area contributed by atoms with Crippen molar-refractivity contribution >= 4 is 27.4 Å². The van der Waals surface area contributed by atoms with Gasteiger partial charge in [0, 0.05) is 22.1 Å². The van der Waals surface area contributed by atoms with Crippen LogP contribution in [0.25, 0.3) is 5.57 Å². The molecule has 0 aliphatic carbocycles. The van der Waals surface area contributed by atoms with Gasteiger partial charge in [-0.1, -0.05) is 28.1 Å². The Morgan fingerprint density at radius 2 is 1.65 bits per heavy atom. The SMILES string of the molecule is C/C(C(=O)N(C(C)C)C(C)C)=C(\C)c1cccc(Br)c1. The van der Waals surface area contributed by atoms with Gasteiger partial charge in [-0.2, -0.15) is 0 Å². The summed E-state index contributed by atoms with van der Waals surface area (Å²) in [6.07, 6.45) is 0. The molecule has 0 aliphatic heterocycles. The summed E-state index contributed by atoms with van der Waals surface area (Å²) in [4.78, 5) is 14.6. The highest BCUT2D eigenvalue weighted by atomic mass is 79.9. The third-order valence-electron chi connectivity index (χ3n) is 3.49. The summed E-state index contributed by atoms with van der Waals surface area (Å²) < 4.78 is 1.03. The van der Waals surface area contributed by atoms with Gasteiger partial charge in [0.25, 0.3) is 0 Å². The molecule has 0 saturated carbocycles. The van der Waals surface area contributed by atoms with Gasteiger partial charge in [-0.3, -0.25) is 4.79 Å². The van der Waals surface area contributed by atoms with E-state index in [0.29, 0.717) is 0 Å². The van der Waals surface area contributed by atoms with Crippen LogP contribution < -0.4 is 0 Å². The number of hydrogen-bond donors (Lipinski definition) is 0. The van der Waals surface area contributed by atoms with Crippen molar-refractivity contribution in [3.05, 3.63) is 39.9 Å². The van der Waals surface area contributed by atoms with Crippen molar-refractivity contribution in [2.24, 2.45) is 0 Å². The van der Waals surface area contributed by atoms with E-state index in [4.69, 9.17) is 0 Å². The molecule has 0 fully saturated rings. The zero-order chi connectivity index (χ0) is 15.4. The Kier molecular flexibility index (Phi) is 6.00. The second-order valence-electron chi connectivity index (χ2n) is 5.66. The Hall–Kier alpha value is -1.09. The molecular formula is C17H24BrNO. The molecule has 1 amide bonds. The largest absolute Gasteiger partial charge is 0.334 e. The molecule has 1 aromatic carbocycles. The Labute approximate surface area is 131 Å². The van der Waals surface area contributed by atoms with Crippen LogP contribution in [-0.4, -0.2) is 22.9 Å². The molecule has 0 heterocycles. The van der Waals surface area contributed by atoms with Crippen molar-refractivity contribution in [3.8, 4) is 0 Å². The average Bonchev–Trinajstić information content (AvgIpc) is 2.36. The summed E-state index contributed by atoms with van der Waals surface area (Å²) in [5.74, 6) is 0.118. The number of carbonyl (C=O) groups is 1. The lowest BCUT2D eigenvalue weighted by Crippen LogP contribution is -2.42. The van der Waals surface area contributed by atoms with Gasteiger partial charge in [0.05, 0.1) is 0 Å². The minimum Gasteiger partial charge on any atom is -0.334 e. The fourth-order valence-electron chi connectivity index (χ4n) is 2.36. The highest BCUT2D eigenvalue weighted by Crippen LogP contribution is 2.23. The van der Waals surface area contributed by atoms with Crippen LogP contribution in [0.4, 0.5) is 0 Å². The lowest BCUT2D eigenvalue weighted by molar-refractivity contribution is -0.130. The molecule has 0 aromatic heterocycles. The monoisotopic (exact) mass is 337 g/mol. The molecule has 0 bridgehead atoms. The van der Waals surface area contributed by atoms with E-state index in [1.54, 1.807) is 0 Å². The first-order valence-corrected chi connectivity index (χ1v) is 7.81. The Bertz CT molecular complexity index is 509. The predicted molar refractivity (Wildman–Crippen MR) is 89.5 cm³/mol. The Morgan fingerprint density at radius 1 is 1.10 bits per heavy atom. The van der Waals surface area contributed by atoms with Gasteiger partial charge in [0.1, 0.15) is 0 Å². The average molecular weight is 338 g/mol. The van der Waals surface area contributed by atoms with E-state index >= 15 is 0 Å². The van der Waals surface area contributed by atoms with E-state index in [1.165, 1.54) is 0 Å². The van der Waals surface area contributed by atoms with Crippen LogP contribution in [0.15, 0.2) is 34.3 Å². The normalized spacial score (nSPS) is 12.7. The van der Waals surface area contributed by atoms with E-state index in [-0.39, 0.29) is 18.0 Å². The van der Waals surface area contributed by atoms with Crippen LogP contribution in [0, 0.1) is 0 Å². The van der Waals surface area contributed by atoms with Crippen molar-refractivity contribution in [2.75, 3.05) is 0 Å². The summed E-state index contributed by atoms with van der Waals surface area (Å²) in [6, 6.07) is 8.46. The van der Waals surface area contributed by atoms with Crippen LogP contribution in [-0.2, 0) is 4.79 Å². The molecule has 0 radical (unpaired) electrons. The van der Waals surface area contributed by atoms with Gasteiger partial charge in [0.2, 0.25) is 5.91 Å². The van der Waals surface area contributed by atoms with Crippen molar-refractivity contribution in [1.29, 1.82) is 0 Å². The van der Waals surface area contributed by atoms with E-state index < -0.39 is 0 Å². The lowest BCUT2D eigenvalue weighted by atomic mass is 10.0. The van der Waals surface area contributed by atoms with Crippen molar-refractivity contribution < 1.29 is 4.79 Å². The number of rotatable bonds is 4. The highest BCUT2D eigenvalue weighted by Gasteiger charge is 2.22. The third kappa shape index (κ3) is 3.95. The van der Waals surface area contributed by atoms with Gasteiger partial charge in [-0.05, 0) is 64.8 Å². The molecule has 1 aromatic rings. The molecule has 2 nitrogen and oxygen atoms in total. The zero-order valence-electron chi connectivity index (χ0n) is 13.2. The number of hydrogen-bond acceptors (Lipinski definition) is 1. The number of halogens is 1. The first-order valence-electron chi connectivity index (χ1n) is 7.01. The molecule has 0 N–H and O–H groups in total. The number of allylic oxidation sites excluding steroid dienone is 1. The minimum absolute atomic E-state index is 0.118. The van der Waals surface area contributed by atoms with Crippen molar-refractivity contribution in [3.63, 3.8) is 0 Å². The van der Waals surface area contributed by atoms with Crippen LogP contribution in [0.3, 0.4) is 0 Å². The highest BCUT2D eigenvalue weighted by molar-refractivity contribution is 9.10. The maximum absolute atomic E-state index is 12.7. The van der Waals surface area contributed by atoms with Crippen molar-refractivity contribution in [2.45, 2.75) is 53.6 Å². The summed E-state index contributed by atoms with van der Waals surface area (Å²) in [5, 5.41) is 0. The molecule has 110 valence electrons. The molecule has 0 unspecified atom stereocenters. The van der Waals surface area contributed by atoms with E-state index in [0.717, 1.165) is 21.2 Å². The molecule has 0 atom stereocenters. The van der Waals surface area contributed by atoms with Gasteiger partial charge in [-0.25, -0.2) is 0 Å². The summed E-state index contributed by atoms with van der Waals surface area (Å²) >= 11 is 3.47. The van der Waals surface area contributed by atoms with Crippen molar-refractivity contribution in [1.82, 2.24) is 4.90 Å². The van der Waals surface area contributed by atoms with Gasteiger partial charge >= 0.3 is 0 Å². The first kappa shape index (κ1) is 17.0. The first-order chi connectivity index (χ1) is 9.25. The van der Waals surface area contributed by atoms with E-state index in [9.17, 15) is 4.79 Å². The number of nitrogens with zero attached hydrogens (tertiary/aromatic N) is 1. The molecule has 3 heteroatoms. The summed E-state index contributed by atoms with van der Waals surface area (Å²) in [6.45, 7) is 12.1. The topological polar surface area (TPSA) is 20.3 Å². The maximum Gasteiger partial charge on any atom is 0.250 e. The fourth-order valence-corrected chi connectivity index (χ4v) is 2.76. The van der Waals surface area contributed by atoms with Crippen LogP contribution in [0.5, 0.6) is 0 Å². The van der Waals surface area contributed by atoms with Gasteiger partial charge < -0.3 is 4.90 Å². The lowest BCUT2D eigenvalue weighted by Gasteiger charge is -2.31. The quantitative estimate of drug-likeness (QED) is 0.716. The smallest absolute Gasteiger partial charge is 0.250 e. The Morgan fingerprint density at radius 3 is 2.10 bits per heavy atom. The van der Waals surface area contributed by atoms with Crippen LogP contribution in [0.1, 0.15) is 47.1 Å². The van der Waals surface area contributed by atoms with Gasteiger partial charge in [-0.15, -0.1) is 0 Å². The molecule has 0 aliphatic rings. The second kappa shape index (κ2) is 7.07. The van der Waals surface area contributed by atoms with Gasteiger partial charge in [0.15, 0.2) is 0 Å². The minimum atomic E-state index is 0.118. The molecule has 1 rings (SSSR count). The van der Waals surface area contributed by atoms with E-state index in [1.807, 2.05) is 43.0 Å². The van der Waals surface area contributed by atoms with E-state index in [2.05, 4.69) is 43.6 Å². The third-order valence-corrected chi connectivity index (χ3v) is 3.98. The fraction of sp³-hybridized carbons (Fsp3) is 0.471. The summed E-state index contributed by atoms with van der Waals surface area (Å²) in [7, 11) is 0. The molecule has 20 heavy (non-hydrogen) atoms.